The van der Waals surface area contributed by atoms with Crippen molar-refractivity contribution in [3.8, 4) is 24.2 Å². The largest absolute Gasteiger partial charge is 0.417 e. The predicted molar refractivity (Wildman–Crippen MR) is 69.0 cm³/mol. The third-order valence-corrected chi connectivity index (χ3v) is 7.41. The molecule has 0 aliphatic heterocycles. The van der Waals surface area contributed by atoms with Crippen LogP contribution in [-0.4, -0.2) is 14.9 Å². The third kappa shape index (κ3) is 5.67. The Balaban J connectivity index is 3.83. The summed E-state index contributed by atoms with van der Waals surface area (Å²) in [5.41, 5.74) is 0. The molecule has 0 spiro atoms. The molecular weight excluding hydrogens is 200 g/mol. The number of unbranched alkanes of at least 4 members (excludes halogenated alkanes) is 1. The van der Waals surface area contributed by atoms with Crippen LogP contribution in [0.15, 0.2) is 0 Å². The van der Waals surface area contributed by atoms with Gasteiger partial charge in [0.1, 0.15) is 0 Å². The molecule has 0 heterocycles. The molecule has 0 saturated carbocycles. The second kappa shape index (κ2) is 6.01. The van der Waals surface area contributed by atoms with Gasteiger partial charge in [-0.25, -0.2) is 0 Å². The quantitative estimate of drug-likeness (QED) is 0.402. The van der Waals surface area contributed by atoms with Crippen LogP contribution < -0.4 is 0 Å². The average Bonchev–Trinajstić information content (AvgIpc) is 2.09. The van der Waals surface area contributed by atoms with E-state index in [0.717, 1.165) is 19.4 Å². The molecule has 0 aromatic carbocycles. The minimum atomic E-state index is -1.56. The van der Waals surface area contributed by atoms with Gasteiger partial charge in [-0.1, -0.05) is 26.7 Å². The van der Waals surface area contributed by atoms with Crippen molar-refractivity contribution in [2.24, 2.45) is 0 Å². The zero-order valence-electron chi connectivity index (χ0n) is 10.6. The molecule has 15 heavy (non-hydrogen) atoms. The first-order chi connectivity index (χ1) is 6.81. The van der Waals surface area contributed by atoms with Crippen molar-refractivity contribution >= 4 is 8.32 Å². The van der Waals surface area contributed by atoms with Crippen molar-refractivity contribution < 1.29 is 4.43 Å². The van der Waals surface area contributed by atoms with Gasteiger partial charge in [-0.15, -0.1) is 6.42 Å². The molecule has 0 aliphatic rings. The van der Waals surface area contributed by atoms with Gasteiger partial charge in [-0.3, -0.25) is 0 Å². The molecule has 0 fully saturated rings. The van der Waals surface area contributed by atoms with Crippen LogP contribution in [0.25, 0.3) is 0 Å². The van der Waals surface area contributed by atoms with Gasteiger partial charge in [0.05, 0.1) is 0 Å². The Hall–Kier alpha value is -0.703. The van der Waals surface area contributed by atoms with E-state index in [1.165, 1.54) is 0 Å². The first kappa shape index (κ1) is 14.3. The summed E-state index contributed by atoms with van der Waals surface area (Å²) in [6.45, 7) is 12.1. The molecule has 0 aromatic rings. The summed E-state index contributed by atoms with van der Waals surface area (Å²) >= 11 is 0. The number of hydrogen-bond donors (Lipinski definition) is 0. The minimum Gasteiger partial charge on any atom is -0.417 e. The standard InChI is InChI=1S/C13H22OSi/c1-7-8-9-10-11-12-14-15(5,6)13(2,3)4/h1H,10-12H2,2-6H3. The van der Waals surface area contributed by atoms with Gasteiger partial charge in [-0.05, 0) is 36.4 Å². The van der Waals surface area contributed by atoms with E-state index in [1.807, 2.05) is 0 Å². The Morgan fingerprint density at radius 3 is 2.33 bits per heavy atom. The maximum absolute atomic E-state index is 5.99. The maximum atomic E-state index is 5.99. The van der Waals surface area contributed by atoms with Gasteiger partial charge < -0.3 is 4.43 Å². The van der Waals surface area contributed by atoms with Gasteiger partial charge in [0.15, 0.2) is 8.32 Å². The highest BCUT2D eigenvalue weighted by Gasteiger charge is 2.36. The highest BCUT2D eigenvalue weighted by atomic mass is 28.4. The topological polar surface area (TPSA) is 9.23 Å². The molecule has 0 saturated heterocycles. The molecule has 0 rings (SSSR count). The molecule has 0 atom stereocenters. The molecule has 0 aromatic heterocycles. The van der Waals surface area contributed by atoms with Crippen molar-refractivity contribution in [3.63, 3.8) is 0 Å². The van der Waals surface area contributed by atoms with Gasteiger partial charge >= 0.3 is 0 Å². The molecule has 84 valence electrons. The molecule has 0 amide bonds. The van der Waals surface area contributed by atoms with Crippen LogP contribution in [0.3, 0.4) is 0 Å². The molecule has 0 aliphatic carbocycles. The van der Waals surface area contributed by atoms with E-state index >= 15 is 0 Å². The molecule has 1 nitrogen and oxygen atoms in total. The average molecular weight is 222 g/mol. The smallest absolute Gasteiger partial charge is 0.191 e. The van der Waals surface area contributed by atoms with Gasteiger partial charge in [0.2, 0.25) is 0 Å². The van der Waals surface area contributed by atoms with Crippen LogP contribution in [-0.2, 0) is 4.43 Å². The summed E-state index contributed by atoms with van der Waals surface area (Å²) in [5.74, 6) is 7.82. The Labute approximate surface area is 95.7 Å². The Bertz CT molecular complexity index is 280. The molecular formula is C13H22OSi. The lowest BCUT2D eigenvalue weighted by atomic mass is 10.2. The third-order valence-electron chi connectivity index (χ3n) is 2.88. The highest BCUT2D eigenvalue weighted by molar-refractivity contribution is 6.74. The van der Waals surface area contributed by atoms with Crippen LogP contribution in [0.4, 0.5) is 0 Å². The van der Waals surface area contributed by atoms with Crippen molar-refractivity contribution in [1.82, 2.24) is 0 Å². The first-order valence-electron chi connectivity index (χ1n) is 5.39. The monoisotopic (exact) mass is 222 g/mol. The SMILES string of the molecule is C#CC#CCCCO[Si](C)(C)C(C)(C)C. The van der Waals surface area contributed by atoms with E-state index in [1.54, 1.807) is 0 Å². The predicted octanol–water partition coefficient (Wildman–Crippen LogP) is 3.43. The summed E-state index contributed by atoms with van der Waals surface area (Å²) in [7, 11) is -1.56. The fraction of sp³-hybridized carbons (Fsp3) is 0.692. The molecule has 0 unspecified atom stereocenters. The van der Waals surface area contributed by atoms with Crippen LogP contribution in [0.2, 0.25) is 18.1 Å². The van der Waals surface area contributed by atoms with Crippen molar-refractivity contribution in [2.75, 3.05) is 6.61 Å². The van der Waals surface area contributed by atoms with Crippen LogP contribution >= 0.6 is 0 Å². The summed E-state index contributed by atoms with van der Waals surface area (Å²) < 4.78 is 5.99. The van der Waals surface area contributed by atoms with Crippen molar-refractivity contribution in [1.29, 1.82) is 0 Å². The molecule has 2 heteroatoms. The Kier molecular flexibility index (Phi) is 5.72. The van der Waals surface area contributed by atoms with E-state index in [-0.39, 0.29) is 5.04 Å². The van der Waals surface area contributed by atoms with Crippen molar-refractivity contribution in [2.45, 2.75) is 51.7 Å². The van der Waals surface area contributed by atoms with Crippen LogP contribution in [0.5, 0.6) is 0 Å². The van der Waals surface area contributed by atoms with Gasteiger partial charge in [0, 0.05) is 13.0 Å². The Morgan fingerprint density at radius 1 is 1.27 bits per heavy atom. The minimum absolute atomic E-state index is 0.289. The second-order valence-corrected chi connectivity index (χ2v) is 9.97. The number of hydrogen-bond acceptors (Lipinski definition) is 1. The summed E-state index contributed by atoms with van der Waals surface area (Å²) in [4.78, 5) is 0. The van der Waals surface area contributed by atoms with E-state index in [4.69, 9.17) is 10.8 Å². The lowest BCUT2D eigenvalue weighted by Gasteiger charge is -2.36. The van der Waals surface area contributed by atoms with Crippen LogP contribution in [0.1, 0.15) is 33.6 Å². The second-order valence-electron chi connectivity index (χ2n) is 5.16. The fourth-order valence-electron chi connectivity index (χ4n) is 0.818. The van der Waals surface area contributed by atoms with E-state index in [9.17, 15) is 0 Å². The highest BCUT2D eigenvalue weighted by Crippen LogP contribution is 2.36. The maximum Gasteiger partial charge on any atom is 0.191 e. The lowest BCUT2D eigenvalue weighted by molar-refractivity contribution is 0.284. The van der Waals surface area contributed by atoms with E-state index in [0.29, 0.717) is 0 Å². The van der Waals surface area contributed by atoms with Crippen molar-refractivity contribution in [3.05, 3.63) is 0 Å². The molecule has 0 bridgehead atoms. The fourth-order valence-corrected chi connectivity index (χ4v) is 1.91. The zero-order valence-corrected chi connectivity index (χ0v) is 11.6. The van der Waals surface area contributed by atoms with Gasteiger partial charge in [-0.2, -0.15) is 0 Å². The first-order valence-corrected chi connectivity index (χ1v) is 8.29. The van der Waals surface area contributed by atoms with E-state index < -0.39 is 8.32 Å². The van der Waals surface area contributed by atoms with E-state index in [2.05, 4.69) is 51.6 Å². The number of terminal acetylenes is 1. The summed E-state index contributed by atoms with van der Waals surface area (Å²) in [5, 5.41) is 0.289. The summed E-state index contributed by atoms with van der Waals surface area (Å²) in [6.07, 6.45) is 6.83. The Morgan fingerprint density at radius 2 is 1.87 bits per heavy atom. The molecule has 0 N–H and O–H groups in total. The normalized spacial score (nSPS) is 11.5. The zero-order chi connectivity index (χ0) is 11.9. The lowest BCUT2D eigenvalue weighted by Crippen LogP contribution is -2.40. The number of rotatable bonds is 4. The summed E-state index contributed by atoms with van der Waals surface area (Å²) in [6, 6.07) is 0. The molecule has 0 radical (unpaired) electrons. The van der Waals surface area contributed by atoms with Crippen LogP contribution in [0, 0.1) is 24.2 Å². The van der Waals surface area contributed by atoms with Gasteiger partial charge in [0.25, 0.3) is 0 Å².